The lowest BCUT2D eigenvalue weighted by Crippen LogP contribution is -2.46. The standard InChI is InChI=1S/C18H23N3O/c1-2-7-17-15(5-1)6-3-8-18(17)20-11-12-22-16(13-20)14-21-10-4-9-19-21/h1-2,4-5,7,9-10,16,18H,3,6,8,11-14H2/t16-,18-/m0/s1. The van der Waals surface area contributed by atoms with Crippen molar-refractivity contribution in [2.45, 2.75) is 38.0 Å². The molecular formula is C18H23N3O. The predicted molar refractivity (Wildman–Crippen MR) is 85.7 cm³/mol. The average molecular weight is 297 g/mol. The molecule has 0 saturated carbocycles. The highest BCUT2D eigenvalue weighted by Crippen LogP contribution is 2.35. The van der Waals surface area contributed by atoms with Crippen molar-refractivity contribution in [2.75, 3.05) is 19.7 Å². The first-order valence-electron chi connectivity index (χ1n) is 8.31. The van der Waals surface area contributed by atoms with Crippen LogP contribution in [0.15, 0.2) is 42.7 Å². The first kappa shape index (κ1) is 14.0. The Labute approximate surface area is 131 Å². The third-order valence-corrected chi connectivity index (χ3v) is 4.90. The van der Waals surface area contributed by atoms with E-state index in [0.717, 1.165) is 26.2 Å². The van der Waals surface area contributed by atoms with Crippen LogP contribution in [0.5, 0.6) is 0 Å². The summed E-state index contributed by atoms with van der Waals surface area (Å²) in [7, 11) is 0. The van der Waals surface area contributed by atoms with Crippen LogP contribution in [-0.2, 0) is 17.7 Å². The van der Waals surface area contributed by atoms with Gasteiger partial charge in [-0.1, -0.05) is 24.3 Å². The number of morpholine rings is 1. The fraction of sp³-hybridized carbons (Fsp3) is 0.500. The highest BCUT2D eigenvalue weighted by Gasteiger charge is 2.30. The number of ether oxygens (including phenoxy) is 1. The number of aryl methyl sites for hydroxylation is 1. The molecule has 4 rings (SSSR count). The van der Waals surface area contributed by atoms with Crippen LogP contribution in [0.25, 0.3) is 0 Å². The minimum Gasteiger partial charge on any atom is -0.374 e. The summed E-state index contributed by atoms with van der Waals surface area (Å²) in [6, 6.07) is 11.5. The molecule has 0 bridgehead atoms. The van der Waals surface area contributed by atoms with Gasteiger partial charge in [0.05, 0.1) is 19.3 Å². The van der Waals surface area contributed by atoms with Crippen molar-refractivity contribution in [1.29, 1.82) is 0 Å². The van der Waals surface area contributed by atoms with Crippen molar-refractivity contribution in [3.05, 3.63) is 53.9 Å². The molecule has 1 aromatic carbocycles. The number of aromatic nitrogens is 2. The maximum atomic E-state index is 5.96. The van der Waals surface area contributed by atoms with Gasteiger partial charge in [0, 0.05) is 31.5 Å². The smallest absolute Gasteiger partial charge is 0.0898 e. The van der Waals surface area contributed by atoms with Gasteiger partial charge in [0.1, 0.15) is 0 Å². The summed E-state index contributed by atoms with van der Waals surface area (Å²) in [5.74, 6) is 0. The topological polar surface area (TPSA) is 30.3 Å². The van der Waals surface area contributed by atoms with Gasteiger partial charge in [-0.2, -0.15) is 5.10 Å². The van der Waals surface area contributed by atoms with Crippen molar-refractivity contribution in [1.82, 2.24) is 14.7 Å². The van der Waals surface area contributed by atoms with E-state index in [2.05, 4.69) is 34.3 Å². The molecule has 116 valence electrons. The third kappa shape index (κ3) is 2.81. The normalized spacial score (nSPS) is 25.8. The largest absolute Gasteiger partial charge is 0.374 e. The molecule has 4 nitrogen and oxygen atoms in total. The van der Waals surface area contributed by atoms with Gasteiger partial charge in [0.2, 0.25) is 0 Å². The lowest BCUT2D eigenvalue weighted by molar-refractivity contribution is -0.0541. The molecule has 0 N–H and O–H groups in total. The van der Waals surface area contributed by atoms with Crippen LogP contribution in [0, 0.1) is 0 Å². The molecule has 0 spiro atoms. The van der Waals surface area contributed by atoms with Crippen molar-refractivity contribution < 1.29 is 4.74 Å². The number of nitrogens with zero attached hydrogens (tertiary/aromatic N) is 3. The Morgan fingerprint density at radius 1 is 1.23 bits per heavy atom. The van der Waals surface area contributed by atoms with Crippen molar-refractivity contribution in [3.8, 4) is 0 Å². The Morgan fingerprint density at radius 3 is 3.09 bits per heavy atom. The first-order valence-corrected chi connectivity index (χ1v) is 8.31. The minimum atomic E-state index is 0.239. The van der Waals surface area contributed by atoms with Crippen LogP contribution in [0.3, 0.4) is 0 Å². The Morgan fingerprint density at radius 2 is 2.18 bits per heavy atom. The van der Waals surface area contributed by atoms with Crippen molar-refractivity contribution in [3.63, 3.8) is 0 Å². The highest BCUT2D eigenvalue weighted by molar-refractivity contribution is 5.32. The second-order valence-electron chi connectivity index (χ2n) is 6.32. The molecule has 22 heavy (non-hydrogen) atoms. The summed E-state index contributed by atoms with van der Waals surface area (Å²) in [5, 5.41) is 4.30. The second kappa shape index (κ2) is 6.23. The summed E-state index contributed by atoms with van der Waals surface area (Å²) >= 11 is 0. The number of benzene rings is 1. The van der Waals surface area contributed by atoms with E-state index in [-0.39, 0.29) is 6.10 Å². The van der Waals surface area contributed by atoms with Gasteiger partial charge in [0.25, 0.3) is 0 Å². The molecule has 4 heteroatoms. The van der Waals surface area contributed by atoms with E-state index in [0.29, 0.717) is 6.04 Å². The molecule has 0 amide bonds. The van der Waals surface area contributed by atoms with Crippen LogP contribution in [0.2, 0.25) is 0 Å². The molecule has 2 aromatic rings. The second-order valence-corrected chi connectivity index (χ2v) is 6.32. The van der Waals surface area contributed by atoms with Gasteiger partial charge in [-0.05, 0) is 36.5 Å². The Bertz CT molecular complexity index is 611. The molecule has 2 atom stereocenters. The third-order valence-electron chi connectivity index (χ3n) is 4.90. The molecule has 1 aromatic heterocycles. The number of rotatable bonds is 3. The van der Waals surface area contributed by atoms with Crippen molar-refractivity contribution >= 4 is 0 Å². The Kier molecular flexibility index (Phi) is 3.95. The zero-order valence-electron chi connectivity index (χ0n) is 12.9. The molecule has 1 aliphatic heterocycles. The summed E-state index contributed by atoms with van der Waals surface area (Å²) in [6.07, 6.45) is 7.88. The van der Waals surface area contributed by atoms with Crippen LogP contribution in [0.1, 0.15) is 30.0 Å². The Balaban J connectivity index is 1.48. The van der Waals surface area contributed by atoms with E-state index in [4.69, 9.17) is 4.74 Å². The summed E-state index contributed by atoms with van der Waals surface area (Å²) < 4.78 is 7.93. The lowest BCUT2D eigenvalue weighted by Gasteiger charge is -2.40. The quantitative estimate of drug-likeness (QED) is 0.872. The summed E-state index contributed by atoms with van der Waals surface area (Å²) in [5.41, 5.74) is 3.07. The van der Waals surface area contributed by atoms with Gasteiger partial charge in [0.15, 0.2) is 0 Å². The fourth-order valence-electron chi connectivity index (χ4n) is 3.86. The monoisotopic (exact) mass is 297 g/mol. The molecule has 0 radical (unpaired) electrons. The van der Waals surface area contributed by atoms with Crippen LogP contribution < -0.4 is 0 Å². The summed E-state index contributed by atoms with van der Waals surface area (Å²) in [4.78, 5) is 2.62. The van der Waals surface area contributed by atoms with Crippen LogP contribution in [0.4, 0.5) is 0 Å². The van der Waals surface area contributed by atoms with E-state index in [1.807, 2.05) is 23.1 Å². The van der Waals surface area contributed by atoms with E-state index in [1.54, 1.807) is 0 Å². The van der Waals surface area contributed by atoms with E-state index < -0.39 is 0 Å². The molecule has 1 saturated heterocycles. The molecule has 0 unspecified atom stereocenters. The van der Waals surface area contributed by atoms with Crippen LogP contribution in [-0.4, -0.2) is 40.5 Å². The molecular weight excluding hydrogens is 274 g/mol. The maximum absolute atomic E-state index is 5.96. The first-order chi connectivity index (χ1) is 10.9. The zero-order valence-corrected chi connectivity index (χ0v) is 12.9. The zero-order chi connectivity index (χ0) is 14.8. The van der Waals surface area contributed by atoms with Crippen molar-refractivity contribution in [2.24, 2.45) is 0 Å². The van der Waals surface area contributed by atoms with E-state index in [9.17, 15) is 0 Å². The number of fused-ring (bicyclic) bond motifs is 1. The number of hydrogen-bond acceptors (Lipinski definition) is 3. The lowest BCUT2D eigenvalue weighted by atomic mass is 9.86. The van der Waals surface area contributed by atoms with Gasteiger partial charge < -0.3 is 4.74 Å². The molecule has 1 fully saturated rings. The summed E-state index contributed by atoms with van der Waals surface area (Å²) in [6.45, 7) is 3.70. The van der Waals surface area contributed by atoms with Gasteiger partial charge in [-0.15, -0.1) is 0 Å². The molecule has 1 aliphatic carbocycles. The minimum absolute atomic E-state index is 0.239. The van der Waals surface area contributed by atoms with Gasteiger partial charge >= 0.3 is 0 Å². The predicted octanol–water partition coefficient (Wildman–Crippen LogP) is 2.66. The Hall–Kier alpha value is -1.65. The fourth-order valence-corrected chi connectivity index (χ4v) is 3.86. The molecule has 2 aliphatic rings. The van der Waals surface area contributed by atoms with Crippen LogP contribution >= 0.6 is 0 Å². The van der Waals surface area contributed by atoms with Gasteiger partial charge in [-0.3, -0.25) is 9.58 Å². The number of hydrogen-bond donors (Lipinski definition) is 0. The average Bonchev–Trinajstić information content (AvgIpc) is 3.07. The SMILES string of the molecule is c1ccc2c(c1)CCC[C@@H]2N1CCO[C@H](Cn2cccn2)C1. The van der Waals surface area contributed by atoms with Gasteiger partial charge in [-0.25, -0.2) is 0 Å². The highest BCUT2D eigenvalue weighted by atomic mass is 16.5. The van der Waals surface area contributed by atoms with E-state index >= 15 is 0 Å². The molecule has 2 heterocycles. The van der Waals surface area contributed by atoms with E-state index in [1.165, 1.54) is 30.4 Å². The maximum Gasteiger partial charge on any atom is 0.0898 e.